The second-order valence-electron chi connectivity index (χ2n) is 7.66. The highest BCUT2D eigenvalue weighted by atomic mass is 15.4. The van der Waals surface area contributed by atoms with Crippen LogP contribution in [0.25, 0.3) is 11.1 Å². The minimum absolute atomic E-state index is 0.0385. The third-order valence-electron chi connectivity index (χ3n) is 5.66. The number of benzene rings is 1. The van der Waals surface area contributed by atoms with E-state index in [1.165, 1.54) is 33.6 Å². The molecule has 0 radical (unpaired) electrons. The Kier molecular flexibility index (Phi) is 3.08. The van der Waals surface area contributed by atoms with Crippen LogP contribution in [0.15, 0.2) is 36.7 Å². The summed E-state index contributed by atoms with van der Waals surface area (Å²) in [5, 5.41) is 0. The van der Waals surface area contributed by atoms with Gasteiger partial charge in [0.2, 0.25) is 0 Å². The molecular formula is C21H25N3. The monoisotopic (exact) mass is 319 g/mol. The Morgan fingerprint density at radius 1 is 1.04 bits per heavy atom. The van der Waals surface area contributed by atoms with Crippen LogP contribution < -0.4 is 4.90 Å². The van der Waals surface area contributed by atoms with Gasteiger partial charge >= 0.3 is 0 Å². The molecule has 0 spiro atoms. The number of rotatable bonds is 1. The Balaban J connectivity index is 1.92. The maximum absolute atomic E-state index is 4.87. The lowest BCUT2D eigenvalue weighted by Gasteiger charge is -2.29. The first kappa shape index (κ1) is 15.3. The molecule has 0 fully saturated rings. The van der Waals surface area contributed by atoms with E-state index in [0.717, 1.165) is 5.69 Å². The van der Waals surface area contributed by atoms with Gasteiger partial charge in [-0.25, -0.2) is 0 Å². The number of aryl methyl sites for hydroxylation is 2. The number of aromatic nitrogens is 1. The van der Waals surface area contributed by atoms with Crippen molar-refractivity contribution in [3.63, 3.8) is 0 Å². The predicted octanol–water partition coefficient (Wildman–Crippen LogP) is 4.57. The fraction of sp³-hybridized carbons (Fsp3) is 0.381. The first-order chi connectivity index (χ1) is 11.3. The van der Waals surface area contributed by atoms with E-state index in [-0.39, 0.29) is 5.41 Å². The topological polar surface area (TPSA) is 19.4 Å². The predicted molar refractivity (Wildman–Crippen MR) is 100 cm³/mol. The van der Waals surface area contributed by atoms with Gasteiger partial charge < -0.3 is 9.80 Å². The largest absolute Gasteiger partial charge is 0.359 e. The minimum Gasteiger partial charge on any atom is -0.359 e. The van der Waals surface area contributed by atoms with E-state index in [9.17, 15) is 0 Å². The van der Waals surface area contributed by atoms with E-state index in [0.29, 0.717) is 6.17 Å². The average molecular weight is 319 g/mol. The van der Waals surface area contributed by atoms with Crippen LogP contribution in [0.5, 0.6) is 0 Å². The molecule has 1 aliphatic heterocycles. The lowest BCUT2D eigenvalue weighted by molar-refractivity contribution is 0.383. The molecule has 3 nitrogen and oxygen atoms in total. The SMILES string of the molecule is Cc1ccc2c(n1)C(C)(C)c1cc(C)c(N3C=CN(C)[C@@H]3C)cc1-2. The van der Waals surface area contributed by atoms with Gasteiger partial charge in [0.15, 0.2) is 0 Å². The molecule has 0 N–H and O–H groups in total. The molecule has 24 heavy (non-hydrogen) atoms. The molecule has 0 amide bonds. The van der Waals surface area contributed by atoms with Gasteiger partial charge in [-0.15, -0.1) is 0 Å². The summed E-state index contributed by atoms with van der Waals surface area (Å²) in [5.41, 5.74) is 8.86. The van der Waals surface area contributed by atoms with E-state index in [1.54, 1.807) is 0 Å². The summed E-state index contributed by atoms with van der Waals surface area (Å²) in [7, 11) is 2.12. The van der Waals surface area contributed by atoms with Crippen LogP contribution in [0.3, 0.4) is 0 Å². The van der Waals surface area contributed by atoms with Crippen LogP contribution in [0.1, 0.15) is 43.3 Å². The molecule has 2 aromatic rings. The summed E-state index contributed by atoms with van der Waals surface area (Å²) in [6, 6.07) is 9.07. The molecule has 0 unspecified atom stereocenters. The second-order valence-corrected chi connectivity index (χ2v) is 7.66. The summed E-state index contributed by atoms with van der Waals surface area (Å²) in [4.78, 5) is 9.45. The van der Waals surface area contributed by atoms with E-state index in [1.807, 2.05) is 0 Å². The summed E-state index contributed by atoms with van der Waals surface area (Å²) in [6.07, 6.45) is 4.65. The molecule has 2 heterocycles. The lowest BCUT2D eigenvalue weighted by Crippen LogP contribution is -2.33. The molecule has 0 bridgehead atoms. The molecule has 0 saturated carbocycles. The smallest absolute Gasteiger partial charge is 0.102 e. The molecule has 0 saturated heterocycles. The normalized spacial score (nSPS) is 20.5. The van der Waals surface area contributed by atoms with Gasteiger partial charge in [-0.3, -0.25) is 4.98 Å². The van der Waals surface area contributed by atoms with Crippen molar-refractivity contribution in [2.24, 2.45) is 0 Å². The Labute approximate surface area is 144 Å². The van der Waals surface area contributed by atoms with Crippen LogP contribution in [-0.4, -0.2) is 23.1 Å². The highest BCUT2D eigenvalue weighted by Gasteiger charge is 2.38. The van der Waals surface area contributed by atoms with E-state index >= 15 is 0 Å². The van der Waals surface area contributed by atoms with Gasteiger partial charge in [0.1, 0.15) is 6.17 Å². The number of nitrogens with zero attached hydrogens (tertiary/aromatic N) is 3. The van der Waals surface area contributed by atoms with Gasteiger partial charge in [-0.2, -0.15) is 0 Å². The van der Waals surface area contributed by atoms with Gasteiger partial charge in [0.25, 0.3) is 0 Å². The van der Waals surface area contributed by atoms with E-state index in [2.05, 4.69) is 88.1 Å². The van der Waals surface area contributed by atoms with Crippen LogP contribution in [0, 0.1) is 13.8 Å². The first-order valence-corrected chi connectivity index (χ1v) is 8.63. The number of hydrogen-bond acceptors (Lipinski definition) is 3. The van der Waals surface area contributed by atoms with Crippen molar-refractivity contribution in [3.05, 3.63) is 59.2 Å². The fourth-order valence-corrected chi connectivity index (χ4v) is 4.00. The zero-order valence-corrected chi connectivity index (χ0v) is 15.4. The molecular weight excluding hydrogens is 294 g/mol. The van der Waals surface area contributed by atoms with Crippen LogP contribution in [-0.2, 0) is 5.41 Å². The quantitative estimate of drug-likeness (QED) is 0.767. The lowest BCUT2D eigenvalue weighted by atomic mass is 9.84. The zero-order chi connectivity index (χ0) is 17.2. The summed E-state index contributed by atoms with van der Waals surface area (Å²) >= 11 is 0. The fourth-order valence-electron chi connectivity index (χ4n) is 4.00. The van der Waals surface area contributed by atoms with Gasteiger partial charge in [0, 0.05) is 41.8 Å². The third kappa shape index (κ3) is 1.94. The van der Waals surface area contributed by atoms with Crippen molar-refractivity contribution in [1.82, 2.24) is 9.88 Å². The molecule has 4 rings (SSSR count). The summed E-state index contributed by atoms with van der Waals surface area (Å²) in [6.45, 7) is 11.1. The molecule has 1 aliphatic carbocycles. The Morgan fingerprint density at radius 2 is 1.79 bits per heavy atom. The Bertz CT molecular complexity index is 864. The van der Waals surface area contributed by atoms with Crippen LogP contribution in [0.4, 0.5) is 5.69 Å². The number of hydrogen-bond donors (Lipinski definition) is 0. The number of pyridine rings is 1. The maximum Gasteiger partial charge on any atom is 0.102 e. The van der Waals surface area contributed by atoms with Crippen LogP contribution in [0.2, 0.25) is 0 Å². The molecule has 1 aromatic heterocycles. The average Bonchev–Trinajstić information content (AvgIpc) is 2.96. The summed E-state index contributed by atoms with van der Waals surface area (Å²) < 4.78 is 0. The van der Waals surface area contributed by atoms with E-state index in [4.69, 9.17) is 4.98 Å². The third-order valence-corrected chi connectivity index (χ3v) is 5.66. The van der Waals surface area contributed by atoms with Crippen molar-refractivity contribution in [3.8, 4) is 11.1 Å². The number of fused-ring (bicyclic) bond motifs is 3. The molecule has 1 aromatic carbocycles. The van der Waals surface area contributed by atoms with Crippen molar-refractivity contribution in [1.29, 1.82) is 0 Å². The number of anilines is 1. The Morgan fingerprint density at radius 3 is 2.46 bits per heavy atom. The van der Waals surface area contributed by atoms with Crippen molar-refractivity contribution in [2.45, 2.75) is 46.2 Å². The second kappa shape index (κ2) is 4.85. The van der Waals surface area contributed by atoms with Gasteiger partial charge in [-0.05, 0) is 49.6 Å². The highest BCUT2D eigenvalue weighted by Crippen LogP contribution is 2.49. The van der Waals surface area contributed by atoms with Crippen molar-refractivity contribution >= 4 is 5.69 Å². The van der Waals surface area contributed by atoms with Gasteiger partial charge in [0.05, 0.1) is 5.69 Å². The molecule has 3 heteroatoms. The maximum atomic E-state index is 4.87. The molecule has 2 aliphatic rings. The minimum atomic E-state index is -0.0385. The summed E-state index contributed by atoms with van der Waals surface area (Å²) in [5.74, 6) is 0. The highest BCUT2D eigenvalue weighted by molar-refractivity contribution is 5.83. The zero-order valence-electron chi connectivity index (χ0n) is 15.4. The molecule has 124 valence electrons. The first-order valence-electron chi connectivity index (χ1n) is 8.63. The van der Waals surface area contributed by atoms with Crippen LogP contribution >= 0.6 is 0 Å². The van der Waals surface area contributed by atoms with Crippen molar-refractivity contribution in [2.75, 3.05) is 11.9 Å². The Hall–Kier alpha value is -2.29. The standard InChI is InChI=1S/C21H25N3/c1-13-11-18-17(12-19(13)24-10-9-23(6)15(24)3)16-8-7-14(2)22-20(16)21(18,4)5/h7-12,15H,1-6H3/t15-/m0/s1. The van der Waals surface area contributed by atoms with Crippen molar-refractivity contribution < 1.29 is 0 Å². The van der Waals surface area contributed by atoms with Gasteiger partial charge in [-0.1, -0.05) is 26.0 Å². The molecule has 1 atom stereocenters. The van der Waals surface area contributed by atoms with E-state index < -0.39 is 0 Å².